The molecule has 0 spiro atoms. The van der Waals surface area contributed by atoms with Gasteiger partial charge in [0, 0.05) is 13.1 Å². The second kappa shape index (κ2) is 4.58. The Hall–Kier alpha value is -0.410. The summed E-state index contributed by atoms with van der Waals surface area (Å²) in [6, 6.07) is 0. The van der Waals surface area contributed by atoms with Gasteiger partial charge in [-0.1, -0.05) is 0 Å². The van der Waals surface area contributed by atoms with Crippen LogP contribution in [0.4, 0.5) is 4.20 Å². The maximum Gasteiger partial charge on any atom is 0.490 e. The first-order valence-corrected chi connectivity index (χ1v) is 5.25. The maximum atomic E-state index is 12.2. The third kappa shape index (κ3) is 4.46. The number of hydrogen-bond donors (Lipinski definition) is 1. The second-order valence-electron chi connectivity index (χ2n) is 2.29. The van der Waals surface area contributed by atoms with Crippen molar-refractivity contribution in [2.24, 2.45) is 4.76 Å². The third-order valence-corrected chi connectivity index (χ3v) is 2.03. The Balaban J connectivity index is 4.45. The first kappa shape index (κ1) is 11.6. The van der Waals surface area contributed by atoms with Gasteiger partial charge < -0.3 is 9.79 Å². The highest BCUT2D eigenvalue weighted by Crippen LogP contribution is 2.43. The Labute approximate surface area is 71.7 Å². The molecule has 0 aromatic rings. The van der Waals surface area contributed by atoms with E-state index < -0.39 is 7.83 Å². The van der Waals surface area contributed by atoms with Gasteiger partial charge in [0.25, 0.3) is 0 Å². The van der Waals surface area contributed by atoms with Crippen LogP contribution in [-0.2, 0) is 4.57 Å². The zero-order chi connectivity index (χ0) is 9.78. The minimum Gasteiger partial charge on any atom is -0.361 e. The molecule has 0 aliphatic rings. The molecule has 0 aromatic heterocycles. The first-order chi connectivity index (χ1) is 5.40. The van der Waals surface area contributed by atoms with Crippen molar-refractivity contribution in [1.29, 1.82) is 0 Å². The van der Waals surface area contributed by atoms with Crippen molar-refractivity contribution in [3.8, 4) is 0 Å². The van der Waals surface area contributed by atoms with Gasteiger partial charge in [0.1, 0.15) is 5.84 Å². The zero-order valence-electron chi connectivity index (χ0n) is 7.49. The van der Waals surface area contributed by atoms with Crippen molar-refractivity contribution in [3.05, 3.63) is 0 Å². The van der Waals surface area contributed by atoms with E-state index in [1.807, 2.05) is 13.8 Å². The summed E-state index contributed by atoms with van der Waals surface area (Å²) in [6.07, 6.45) is 0. The normalized spacial score (nSPS) is 17.2. The highest BCUT2D eigenvalue weighted by Gasteiger charge is 2.15. The van der Waals surface area contributed by atoms with E-state index >= 15 is 0 Å². The summed E-state index contributed by atoms with van der Waals surface area (Å²) in [4.78, 5) is 10.00. The molecule has 1 unspecified atom stereocenters. The molecule has 12 heavy (non-hydrogen) atoms. The van der Waals surface area contributed by atoms with Crippen LogP contribution in [0.15, 0.2) is 4.76 Å². The molecule has 0 aliphatic heterocycles. The summed E-state index contributed by atoms with van der Waals surface area (Å²) in [7, 11) is -4.76. The number of hydrogen-bond acceptors (Lipinski definition) is 1. The molecular formula is C6H14FN2O2P. The Morgan fingerprint density at radius 3 is 2.25 bits per heavy atom. The number of rotatable bonds is 3. The lowest BCUT2D eigenvalue weighted by Crippen LogP contribution is -2.27. The number of amidine groups is 1. The lowest BCUT2D eigenvalue weighted by Gasteiger charge is -2.19. The Kier molecular flexibility index (Phi) is 4.42. The number of nitrogens with zero attached hydrogens (tertiary/aromatic N) is 2. The monoisotopic (exact) mass is 196 g/mol. The summed E-state index contributed by atoms with van der Waals surface area (Å²) >= 11 is 0. The van der Waals surface area contributed by atoms with Gasteiger partial charge in [-0.05, 0) is 20.8 Å². The van der Waals surface area contributed by atoms with Crippen molar-refractivity contribution in [1.82, 2.24) is 4.90 Å². The highest BCUT2D eigenvalue weighted by atomic mass is 31.2. The zero-order valence-corrected chi connectivity index (χ0v) is 8.38. The van der Waals surface area contributed by atoms with Crippen LogP contribution in [0, 0.1) is 0 Å². The van der Waals surface area contributed by atoms with E-state index in [9.17, 15) is 8.76 Å². The molecule has 0 radical (unpaired) electrons. The Morgan fingerprint density at radius 2 is 2.00 bits per heavy atom. The summed E-state index contributed by atoms with van der Waals surface area (Å²) in [6.45, 7) is 6.53. The molecule has 4 nitrogen and oxygen atoms in total. The molecule has 0 heterocycles. The van der Waals surface area contributed by atoms with Crippen molar-refractivity contribution in [2.45, 2.75) is 20.8 Å². The van der Waals surface area contributed by atoms with Crippen molar-refractivity contribution < 1.29 is 13.7 Å². The molecule has 0 amide bonds. The largest absolute Gasteiger partial charge is 0.490 e. The molecule has 0 saturated carbocycles. The van der Waals surface area contributed by atoms with Crippen LogP contribution in [0.3, 0.4) is 0 Å². The Bertz CT molecular complexity index is 210. The summed E-state index contributed by atoms with van der Waals surface area (Å²) < 4.78 is 25.4. The lowest BCUT2D eigenvalue weighted by atomic mass is 10.5. The van der Waals surface area contributed by atoms with Gasteiger partial charge in [-0.15, -0.1) is 4.20 Å². The van der Waals surface area contributed by atoms with E-state index in [0.29, 0.717) is 13.1 Å². The Morgan fingerprint density at radius 1 is 1.58 bits per heavy atom. The van der Waals surface area contributed by atoms with E-state index in [1.165, 1.54) is 6.92 Å². The quantitative estimate of drug-likeness (QED) is 0.425. The van der Waals surface area contributed by atoms with Crippen LogP contribution in [-0.4, -0.2) is 28.7 Å². The van der Waals surface area contributed by atoms with Crippen LogP contribution < -0.4 is 0 Å². The van der Waals surface area contributed by atoms with Crippen LogP contribution in [0.2, 0.25) is 0 Å². The number of halogens is 1. The van der Waals surface area contributed by atoms with Gasteiger partial charge in [-0.25, -0.2) is 4.57 Å². The van der Waals surface area contributed by atoms with Gasteiger partial charge in [0.2, 0.25) is 0 Å². The van der Waals surface area contributed by atoms with Gasteiger partial charge >= 0.3 is 7.83 Å². The summed E-state index contributed by atoms with van der Waals surface area (Å²) in [5.74, 6) is 0.258. The fourth-order valence-corrected chi connectivity index (χ4v) is 1.41. The fraction of sp³-hybridized carbons (Fsp3) is 0.833. The molecule has 0 aromatic carbocycles. The second-order valence-corrected chi connectivity index (χ2v) is 3.44. The third-order valence-electron chi connectivity index (χ3n) is 1.49. The van der Waals surface area contributed by atoms with Gasteiger partial charge in [0.15, 0.2) is 0 Å². The molecule has 0 aliphatic carbocycles. The molecule has 0 fully saturated rings. The minimum atomic E-state index is -4.76. The highest BCUT2D eigenvalue weighted by molar-refractivity contribution is 7.51. The van der Waals surface area contributed by atoms with E-state index in [2.05, 4.69) is 4.76 Å². The lowest BCUT2D eigenvalue weighted by molar-refractivity contribution is 0.425. The first-order valence-electron chi connectivity index (χ1n) is 3.75. The van der Waals surface area contributed by atoms with E-state index in [4.69, 9.17) is 4.89 Å². The predicted octanol–water partition coefficient (Wildman–Crippen LogP) is 1.82. The fourth-order valence-electron chi connectivity index (χ4n) is 0.923. The van der Waals surface area contributed by atoms with Crippen LogP contribution in [0.25, 0.3) is 0 Å². The van der Waals surface area contributed by atoms with E-state index in [0.717, 1.165) is 0 Å². The van der Waals surface area contributed by atoms with Crippen LogP contribution in [0.5, 0.6) is 0 Å². The molecule has 1 N–H and O–H groups in total. The minimum absolute atomic E-state index is 0.258. The topological polar surface area (TPSA) is 52.9 Å². The standard InChI is InChI=1S/C6H14FN2O2P/c1-4-9(5-2)6(3)8-12(7,10)11/h4-5H2,1-3H3,(H,10,11)/b8-6+. The SMILES string of the molecule is CCN(CC)/C(C)=N/P(=O)(O)F. The average molecular weight is 196 g/mol. The van der Waals surface area contributed by atoms with Crippen molar-refractivity contribution >= 4 is 13.7 Å². The van der Waals surface area contributed by atoms with Crippen molar-refractivity contribution in [3.63, 3.8) is 0 Å². The molecule has 0 rings (SSSR count). The molecular weight excluding hydrogens is 182 g/mol. The molecule has 1 atom stereocenters. The van der Waals surface area contributed by atoms with Gasteiger partial charge in [-0.3, -0.25) is 0 Å². The molecule has 6 heteroatoms. The predicted molar refractivity (Wildman–Crippen MR) is 47.0 cm³/mol. The summed E-state index contributed by atoms with van der Waals surface area (Å²) in [5, 5.41) is 0. The molecule has 72 valence electrons. The maximum absolute atomic E-state index is 12.2. The van der Waals surface area contributed by atoms with Gasteiger partial charge in [0.05, 0.1) is 0 Å². The van der Waals surface area contributed by atoms with E-state index in [-0.39, 0.29) is 5.84 Å². The van der Waals surface area contributed by atoms with Crippen LogP contribution in [0.1, 0.15) is 20.8 Å². The van der Waals surface area contributed by atoms with E-state index in [1.54, 1.807) is 4.90 Å². The van der Waals surface area contributed by atoms with Crippen molar-refractivity contribution in [2.75, 3.05) is 13.1 Å². The molecule has 0 bridgehead atoms. The molecule has 0 saturated heterocycles. The van der Waals surface area contributed by atoms with Crippen LogP contribution >= 0.6 is 7.83 Å². The smallest absolute Gasteiger partial charge is 0.361 e. The summed E-state index contributed by atoms with van der Waals surface area (Å²) in [5.41, 5.74) is 0. The average Bonchev–Trinajstić information content (AvgIpc) is 1.85. The van der Waals surface area contributed by atoms with Gasteiger partial charge in [-0.2, -0.15) is 4.76 Å².